The number of methoxy groups -OCH3 is 2. The van der Waals surface area contributed by atoms with E-state index in [1.807, 2.05) is 0 Å². The van der Waals surface area contributed by atoms with Crippen LogP contribution >= 0.6 is 11.8 Å². The van der Waals surface area contributed by atoms with Crippen LogP contribution in [0.1, 0.15) is 5.56 Å². The number of tetrazole rings is 1. The van der Waals surface area contributed by atoms with Crippen LogP contribution in [-0.2, 0) is 42.1 Å². The molecule has 0 radical (unpaired) electrons. The highest BCUT2D eigenvalue weighted by Gasteiger charge is 2.67. The minimum atomic E-state index is -1.79. The zero-order chi connectivity index (χ0) is 24.5. The summed E-state index contributed by atoms with van der Waals surface area (Å²) in [5.41, 5.74) is -0.627. The number of hydrogen-bond donors (Lipinski definition) is 2. The molecule has 0 unspecified atom stereocenters. The second-order valence-corrected chi connectivity index (χ2v) is 8.43. The fourth-order valence-corrected chi connectivity index (χ4v) is 4.53. The molecule has 1 saturated heterocycles. The molecule has 2 aliphatic heterocycles. The molecule has 2 amide bonds. The van der Waals surface area contributed by atoms with Crippen molar-refractivity contribution in [2.24, 2.45) is 7.05 Å². The summed E-state index contributed by atoms with van der Waals surface area (Å²) < 4.78 is 17.6. The lowest BCUT2D eigenvalue weighted by atomic mass is 9.94. The standard InChI is InChI=1S/C20H22N6O7S/c1-25-19(22-23-24-25)34-10-12-9-33-18-20(32-3,17(30)26(18)15(12)16(29)31-2)21-14(28)8-11-4-6-13(27)7-5-11/h4-7,18,27H,8-10H2,1-3H3,(H,21,28)/t18-,20+/m1/s1. The fourth-order valence-electron chi connectivity index (χ4n) is 3.69. The maximum absolute atomic E-state index is 13.2. The van der Waals surface area contributed by atoms with E-state index in [1.165, 1.54) is 42.8 Å². The molecule has 1 fully saturated rings. The number of phenols is 1. The van der Waals surface area contributed by atoms with Crippen molar-refractivity contribution in [3.05, 3.63) is 41.1 Å². The first-order valence-electron chi connectivity index (χ1n) is 10.1. The van der Waals surface area contributed by atoms with Crippen LogP contribution in [0.15, 0.2) is 40.7 Å². The average molecular weight is 490 g/mol. The Morgan fingerprint density at radius 2 is 2.06 bits per heavy atom. The number of amides is 2. The number of phenolic OH excluding ortho intramolecular Hbond substituents is 1. The van der Waals surface area contributed by atoms with Crippen LogP contribution < -0.4 is 5.32 Å². The molecule has 13 nitrogen and oxygen atoms in total. The second kappa shape index (κ2) is 9.40. The number of carbonyl (C=O) groups excluding carboxylic acids is 3. The van der Waals surface area contributed by atoms with Crippen LogP contribution in [0.5, 0.6) is 5.75 Å². The predicted molar refractivity (Wildman–Crippen MR) is 115 cm³/mol. The van der Waals surface area contributed by atoms with Crippen molar-refractivity contribution in [3.8, 4) is 5.75 Å². The largest absolute Gasteiger partial charge is 0.508 e. The van der Waals surface area contributed by atoms with Crippen LogP contribution in [0, 0.1) is 0 Å². The number of aryl methyl sites for hydroxylation is 1. The Hall–Kier alpha value is -3.49. The Morgan fingerprint density at radius 1 is 1.32 bits per heavy atom. The van der Waals surface area contributed by atoms with Gasteiger partial charge in [0.15, 0.2) is 6.23 Å². The number of ether oxygens (including phenoxy) is 3. The number of esters is 1. The third kappa shape index (κ3) is 4.10. The SMILES string of the molecule is COC(=O)C1=C(CSc2nnnn2C)CO[C@H]2N1C(=O)[C@]2(NC(=O)Cc1ccc(O)cc1)OC. The van der Waals surface area contributed by atoms with Gasteiger partial charge in [-0.15, -0.1) is 5.10 Å². The van der Waals surface area contributed by atoms with Crippen LogP contribution in [0.25, 0.3) is 0 Å². The van der Waals surface area contributed by atoms with Crippen molar-refractivity contribution in [1.82, 2.24) is 30.4 Å². The Balaban J connectivity index is 1.54. The van der Waals surface area contributed by atoms with Crippen LogP contribution in [0.4, 0.5) is 0 Å². The first-order chi connectivity index (χ1) is 16.3. The number of nitrogens with zero attached hydrogens (tertiary/aromatic N) is 5. The van der Waals surface area contributed by atoms with E-state index in [0.717, 1.165) is 4.90 Å². The van der Waals surface area contributed by atoms with Crippen molar-refractivity contribution < 1.29 is 33.7 Å². The molecule has 180 valence electrons. The smallest absolute Gasteiger partial charge is 0.354 e. The number of fused-ring (bicyclic) bond motifs is 1. The highest BCUT2D eigenvalue weighted by Crippen LogP contribution is 2.41. The molecule has 34 heavy (non-hydrogen) atoms. The second-order valence-electron chi connectivity index (χ2n) is 7.49. The van der Waals surface area contributed by atoms with Crippen molar-refractivity contribution in [2.45, 2.75) is 23.5 Å². The molecule has 2 aliphatic rings. The van der Waals surface area contributed by atoms with Gasteiger partial charge in [0.1, 0.15) is 11.4 Å². The normalized spacial score (nSPS) is 21.7. The van der Waals surface area contributed by atoms with Gasteiger partial charge < -0.3 is 24.6 Å². The quantitative estimate of drug-likeness (QED) is 0.209. The molecule has 4 rings (SSSR count). The maximum atomic E-state index is 13.2. The lowest BCUT2D eigenvalue weighted by Gasteiger charge is -2.55. The van der Waals surface area contributed by atoms with E-state index in [9.17, 15) is 19.5 Å². The van der Waals surface area contributed by atoms with Gasteiger partial charge in [0.25, 0.3) is 11.6 Å². The summed E-state index contributed by atoms with van der Waals surface area (Å²) in [6, 6.07) is 6.10. The zero-order valence-corrected chi connectivity index (χ0v) is 19.4. The highest BCUT2D eigenvalue weighted by molar-refractivity contribution is 7.99. The monoisotopic (exact) mass is 490 g/mol. The van der Waals surface area contributed by atoms with Gasteiger partial charge in [-0.25, -0.2) is 9.48 Å². The van der Waals surface area contributed by atoms with Crippen LogP contribution in [-0.4, -0.2) is 86.5 Å². The molecule has 1 aromatic heterocycles. The fraction of sp³-hybridized carbons (Fsp3) is 0.400. The summed E-state index contributed by atoms with van der Waals surface area (Å²) in [4.78, 5) is 39.6. The summed E-state index contributed by atoms with van der Waals surface area (Å²) in [7, 11) is 4.16. The third-order valence-corrected chi connectivity index (χ3v) is 6.49. The van der Waals surface area contributed by atoms with Gasteiger partial charge in [-0.2, -0.15) is 0 Å². The Morgan fingerprint density at radius 3 is 2.68 bits per heavy atom. The van der Waals surface area contributed by atoms with Gasteiger partial charge in [0.2, 0.25) is 11.1 Å². The molecule has 0 saturated carbocycles. The van der Waals surface area contributed by atoms with E-state index in [2.05, 4.69) is 20.8 Å². The first kappa shape index (κ1) is 23.7. The molecule has 0 bridgehead atoms. The number of thioether (sulfide) groups is 1. The molecule has 14 heteroatoms. The van der Waals surface area contributed by atoms with Crippen molar-refractivity contribution in [1.29, 1.82) is 0 Å². The molecule has 3 heterocycles. The minimum absolute atomic E-state index is 0.00387. The lowest BCUT2D eigenvalue weighted by Crippen LogP contribution is -2.82. The van der Waals surface area contributed by atoms with Gasteiger partial charge in [0.05, 0.1) is 20.1 Å². The van der Waals surface area contributed by atoms with Crippen molar-refractivity contribution in [3.63, 3.8) is 0 Å². The number of β-lactam (4-membered cyclic amide) rings is 1. The van der Waals surface area contributed by atoms with E-state index in [4.69, 9.17) is 14.2 Å². The van der Waals surface area contributed by atoms with Gasteiger partial charge in [0, 0.05) is 19.9 Å². The number of aromatic hydroxyl groups is 1. The number of carbonyl (C=O) groups is 3. The van der Waals surface area contributed by atoms with Gasteiger partial charge in [-0.05, 0) is 33.7 Å². The molecule has 0 spiro atoms. The summed E-state index contributed by atoms with van der Waals surface area (Å²) in [6.45, 7) is -0.00387. The summed E-state index contributed by atoms with van der Waals surface area (Å²) in [5.74, 6) is -1.54. The zero-order valence-electron chi connectivity index (χ0n) is 18.5. The highest BCUT2D eigenvalue weighted by atomic mass is 32.2. The first-order valence-corrected chi connectivity index (χ1v) is 11.0. The van der Waals surface area contributed by atoms with E-state index in [1.54, 1.807) is 19.2 Å². The third-order valence-electron chi connectivity index (χ3n) is 5.39. The molecular formula is C20H22N6O7S. The van der Waals surface area contributed by atoms with Gasteiger partial charge >= 0.3 is 5.97 Å². The topological polar surface area (TPSA) is 158 Å². The molecule has 2 N–H and O–H groups in total. The number of rotatable bonds is 8. The molecule has 2 atom stereocenters. The number of nitrogens with one attached hydrogen (secondary N) is 1. The minimum Gasteiger partial charge on any atom is -0.508 e. The Kier molecular flexibility index (Phi) is 6.54. The van der Waals surface area contributed by atoms with E-state index < -0.39 is 29.7 Å². The predicted octanol–water partition coefficient (Wildman–Crippen LogP) is -0.665. The average Bonchev–Trinajstić information content (AvgIpc) is 3.25. The van der Waals surface area contributed by atoms with Crippen molar-refractivity contribution in [2.75, 3.05) is 26.6 Å². The lowest BCUT2D eigenvalue weighted by molar-refractivity contribution is -0.258. The van der Waals surface area contributed by atoms with E-state index >= 15 is 0 Å². The van der Waals surface area contributed by atoms with E-state index in [-0.39, 0.29) is 30.2 Å². The summed E-state index contributed by atoms with van der Waals surface area (Å²) in [5, 5.41) is 23.7. The van der Waals surface area contributed by atoms with Crippen LogP contribution in [0.2, 0.25) is 0 Å². The molecular weight excluding hydrogens is 468 g/mol. The number of aromatic nitrogens is 4. The van der Waals surface area contributed by atoms with Crippen molar-refractivity contribution >= 4 is 29.5 Å². The number of hydrogen-bond acceptors (Lipinski definition) is 11. The maximum Gasteiger partial charge on any atom is 0.354 e. The Labute approximate surface area is 198 Å². The van der Waals surface area contributed by atoms with Crippen LogP contribution in [0.3, 0.4) is 0 Å². The molecule has 1 aromatic carbocycles. The Bertz CT molecular complexity index is 1150. The van der Waals surface area contributed by atoms with E-state index in [0.29, 0.717) is 16.3 Å². The summed E-state index contributed by atoms with van der Waals surface area (Å²) >= 11 is 1.26. The number of benzene rings is 1. The van der Waals surface area contributed by atoms with Gasteiger partial charge in [-0.1, -0.05) is 23.9 Å². The van der Waals surface area contributed by atoms with Gasteiger partial charge in [-0.3, -0.25) is 14.5 Å². The summed E-state index contributed by atoms with van der Waals surface area (Å²) in [6.07, 6.45) is -1.12. The molecule has 2 aromatic rings. The molecule has 0 aliphatic carbocycles.